The maximum absolute atomic E-state index is 9.19. The number of aryl methyl sites for hydroxylation is 2. The maximum Gasteiger partial charge on any atom is 0.115 e. The van der Waals surface area contributed by atoms with Crippen molar-refractivity contribution in [2.24, 2.45) is 11.8 Å². The van der Waals surface area contributed by atoms with E-state index in [1.54, 1.807) is 17.2 Å². The van der Waals surface area contributed by atoms with E-state index in [1.165, 1.54) is 68.9 Å². The molecule has 1 N–H and O–H groups in total. The predicted molar refractivity (Wildman–Crippen MR) is 105 cm³/mol. The van der Waals surface area contributed by atoms with Gasteiger partial charge >= 0.3 is 0 Å². The molecule has 1 aromatic rings. The number of benzene rings is 1. The molecule has 1 aromatic carbocycles. The van der Waals surface area contributed by atoms with Crippen LogP contribution in [0, 0.1) is 11.8 Å². The van der Waals surface area contributed by atoms with Gasteiger partial charge in [0.1, 0.15) is 5.75 Å². The second-order valence-corrected chi connectivity index (χ2v) is 8.01. The number of fused-ring (bicyclic) bond motifs is 4. The van der Waals surface area contributed by atoms with Gasteiger partial charge in [0.2, 0.25) is 0 Å². The Morgan fingerprint density at radius 3 is 2.56 bits per heavy atom. The van der Waals surface area contributed by atoms with Crippen LogP contribution >= 0.6 is 0 Å². The standard InChI is InChI=1S/C14H18.C10H12O/c1-3-7-13-11(5-1)9-10-12-6-2-4-8-14(12)13;11-10-6-5-8-3-1-2-4-9(8)7-10/h1,5,9-10,13-14H,2-4,6-8H2;5-7,11H,1-4H2. The monoisotopic (exact) mass is 334 g/mol. The van der Waals surface area contributed by atoms with Crippen LogP contribution in [0.25, 0.3) is 0 Å². The van der Waals surface area contributed by atoms with E-state index in [0.717, 1.165) is 18.3 Å². The largest absolute Gasteiger partial charge is 0.508 e. The Kier molecular flexibility index (Phi) is 5.10. The SMILES string of the molecule is C1=CC2=CC=C3CCCCC3C2CC1.Oc1ccc2c(c1)CCCC2. The van der Waals surface area contributed by atoms with Crippen LogP contribution in [-0.4, -0.2) is 5.11 Å². The topological polar surface area (TPSA) is 20.2 Å². The summed E-state index contributed by atoms with van der Waals surface area (Å²) in [5.74, 6) is 2.19. The lowest BCUT2D eigenvalue weighted by atomic mass is 9.68. The Balaban J connectivity index is 0.000000129. The van der Waals surface area contributed by atoms with E-state index < -0.39 is 0 Å². The molecule has 4 aliphatic rings. The number of aromatic hydroxyl groups is 1. The number of hydrogen-bond donors (Lipinski definition) is 1. The summed E-state index contributed by atoms with van der Waals surface area (Å²) in [4.78, 5) is 0. The van der Waals surface area contributed by atoms with Crippen molar-refractivity contribution in [3.05, 3.63) is 64.8 Å². The molecule has 0 spiro atoms. The molecule has 0 heterocycles. The smallest absolute Gasteiger partial charge is 0.115 e. The van der Waals surface area contributed by atoms with Crippen LogP contribution in [0.4, 0.5) is 0 Å². The highest BCUT2D eigenvalue weighted by atomic mass is 16.3. The van der Waals surface area contributed by atoms with Crippen molar-refractivity contribution in [1.29, 1.82) is 0 Å². The molecule has 5 rings (SSSR count). The molecule has 132 valence electrons. The summed E-state index contributed by atoms with van der Waals surface area (Å²) >= 11 is 0. The van der Waals surface area contributed by atoms with Gasteiger partial charge in [-0.2, -0.15) is 0 Å². The minimum absolute atomic E-state index is 0.408. The lowest BCUT2D eigenvalue weighted by Gasteiger charge is -2.37. The summed E-state index contributed by atoms with van der Waals surface area (Å²) in [5, 5.41) is 9.19. The van der Waals surface area contributed by atoms with Crippen molar-refractivity contribution < 1.29 is 5.11 Å². The van der Waals surface area contributed by atoms with E-state index in [-0.39, 0.29) is 0 Å². The van der Waals surface area contributed by atoms with Gasteiger partial charge in [-0.15, -0.1) is 0 Å². The summed E-state index contributed by atoms with van der Waals surface area (Å²) in [5.41, 5.74) is 6.12. The Hall–Kier alpha value is -1.76. The first-order valence-corrected chi connectivity index (χ1v) is 10.2. The van der Waals surface area contributed by atoms with Crippen LogP contribution in [0.3, 0.4) is 0 Å². The Morgan fingerprint density at radius 2 is 1.64 bits per heavy atom. The zero-order chi connectivity index (χ0) is 17.1. The van der Waals surface area contributed by atoms with Crippen LogP contribution in [0.1, 0.15) is 62.5 Å². The van der Waals surface area contributed by atoms with Gasteiger partial charge in [-0.05, 0) is 98.5 Å². The molecule has 4 aliphatic carbocycles. The Morgan fingerprint density at radius 1 is 0.800 bits per heavy atom. The molecule has 2 atom stereocenters. The fraction of sp³-hybridized carbons (Fsp3) is 0.500. The van der Waals surface area contributed by atoms with Gasteiger partial charge in [0, 0.05) is 0 Å². The minimum Gasteiger partial charge on any atom is -0.508 e. The van der Waals surface area contributed by atoms with Crippen LogP contribution in [0.15, 0.2) is 53.6 Å². The second-order valence-electron chi connectivity index (χ2n) is 8.01. The molecule has 25 heavy (non-hydrogen) atoms. The Labute approximate surface area is 152 Å². The van der Waals surface area contributed by atoms with E-state index >= 15 is 0 Å². The molecule has 0 saturated heterocycles. The fourth-order valence-electron chi connectivity index (χ4n) is 5.05. The number of phenolic OH excluding ortho intramolecular Hbond substituents is 1. The summed E-state index contributed by atoms with van der Waals surface area (Å²) in [6.07, 6.45) is 22.8. The molecular weight excluding hydrogens is 304 g/mol. The third-order valence-corrected chi connectivity index (χ3v) is 6.40. The minimum atomic E-state index is 0.408. The maximum atomic E-state index is 9.19. The first kappa shape index (κ1) is 16.7. The van der Waals surface area contributed by atoms with Gasteiger partial charge in [-0.3, -0.25) is 0 Å². The van der Waals surface area contributed by atoms with Crippen molar-refractivity contribution in [3.63, 3.8) is 0 Å². The average Bonchev–Trinajstić information content (AvgIpc) is 2.68. The van der Waals surface area contributed by atoms with Crippen LogP contribution < -0.4 is 0 Å². The molecule has 1 nitrogen and oxygen atoms in total. The predicted octanol–water partition coefficient (Wildman–Crippen LogP) is 6.28. The van der Waals surface area contributed by atoms with Gasteiger partial charge in [-0.1, -0.05) is 42.4 Å². The molecule has 2 unspecified atom stereocenters. The van der Waals surface area contributed by atoms with E-state index in [2.05, 4.69) is 24.3 Å². The van der Waals surface area contributed by atoms with Gasteiger partial charge < -0.3 is 5.11 Å². The van der Waals surface area contributed by atoms with E-state index in [0.29, 0.717) is 5.75 Å². The van der Waals surface area contributed by atoms with Gasteiger partial charge in [0.25, 0.3) is 0 Å². The normalized spacial score (nSPS) is 26.9. The van der Waals surface area contributed by atoms with Gasteiger partial charge in [0.15, 0.2) is 0 Å². The van der Waals surface area contributed by atoms with Crippen molar-refractivity contribution in [3.8, 4) is 5.75 Å². The van der Waals surface area contributed by atoms with Gasteiger partial charge in [0.05, 0.1) is 0 Å². The summed E-state index contributed by atoms with van der Waals surface area (Å²) in [7, 11) is 0. The summed E-state index contributed by atoms with van der Waals surface area (Å²) in [6, 6.07) is 5.72. The average molecular weight is 335 g/mol. The summed E-state index contributed by atoms with van der Waals surface area (Å²) in [6.45, 7) is 0. The molecule has 0 aliphatic heterocycles. The first-order chi connectivity index (χ1) is 12.3. The number of hydrogen-bond acceptors (Lipinski definition) is 1. The highest BCUT2D eigenvalue weighted by molar-refractivity contribution is 5.38. The lowest BCUT2D eigenvalue weighted by Crippen LogP contribution is -2.25. The number of phenols is 1. The number of rotatable bonds is 0. The first-order valence-electron chi connectivity index (χ1n) is 10.2. The summed E-state index contributed by atoms with van der Waals surface area (Å²) < 4.78 is 0. The van der Waals surface area contributed by atoms with Crippen molar-refractivity contribution in [2.75, 3.05) is 0 Å². The molecule has 1 heteroatoms. The molecule has 0 radical (unpaired) electrons. The third kappa shape index (κ3) is 3.76. The molecule has 0 bridgehead atoms. The quantitative estimate of drug-likeness (QED) is 0.592. The third-order valence-electron chi connectivity index (χ3n) is 6.40. The number of allylic oxidation sites excluding steroid dienone is 6. The zero-order valence-corrected chi connectivity index (χ0v) is 15.2. The van der Waals surface area contributed by atoms with E-state index in [9.17, 15) is 5.11 Å². The zero-order valence-electron chi connectivity index (χ0n) is 15.2. The van der Waals surface area contributed by atoms with E-state index in [1.807, 2.05) is 12.1 Å². The van der Waals surface area contributed by atoms with Crippen molar-refractivity contribution in [2.45, 2.75) is 64.2 Å². The van der Waals surface area contributed by atoms with Crippen molar-refractivity contribution >= 4 is 0 Å². The van der Waals surface area contributed by atoms with Crippen molar-refractivity contribution in [1.82, 2.24) is 0 Å². The molecule has 0 aromatic heterocycles. The lowest BCUT2D eigenvalue weighted by molar-refractivity contribution is 0.332. The molecule has 1 saturated carbocycles. The Bertz CT molecular complexity index is 707. The fourth-order valence-corrected chi connectivity index (χ4v) is 5.05. The highest BCUT2D eigenvalue weighted by Crippen LogP contribution is 2.44. The second kappa shape index (κ2) is 7.64. The molecular formula is C24H30O. The van der Waals surface area contributed by atoms with E-state index in [4.69, 9.17) is 0 Å². The van der Waals surface area contributed by atoms with Crippen LogP contribution in [-0.2, 0) is 12.8 Å². The van der Waals surface area contributed by atoms with Crippen LogP contribution in [0.2, 0.25) is 0 Å². The molecule has 0 amide bonds. The van der Waals surface area contributed by atoms with Gasteiger partial charge in [-0.25, -0.2) is 0 Å². The highest BCUT2D eigenvalue weighted by Gasteiger charge is 2.31. The van der Waals surface area contributed by atoms with Crippen LogP contribution in [0.5, 0.6) is 5.75 Å². The molecule has 1 fully saturated rings.